The fourth-order valence-electron chi connectivity index (χ4n) is 1.80. The van der Waals surface area contributed by atoms with E-state index in [0.29, 0.717) is 17.7 Å². The molecule has 0 fully saturated rings. The van der Waals surface area contributed by atoms with Crippen molar-refractivity contribution >= 4 is 15.9 Å². The lowest BCUT2D eigenvalue weighted by Crippen LogP contribution is -2.14. The number of hydrogen-bond acceptors (Lipinski definition) is 4. The maximum absolute atomic E-state index is 13.2. The van der Waals surface area contributed by atoms with Gasteiger partial charge in [-0.3, -0.25) is 4.79 Å². The Morgan fingerprint density at radius 2 is 1.62 bits per heavy atom. The van der Waals surface area contributed by atoms with Crippen molar-refractivity contribution in [3.05, 3.63) is 59.4 Å². The van der Waals surface area contributed by atoms with Gasteiger partial charge in [0.05, 0.1) is 5.56 Å². The van der Waals surface area contributed by atoms with Crippen LogP contribution in [-0.2, 0) is 16.3 Å². The third-order valence-electron chi connectivity index (χ3n) is 3.00. The predicted molar refractivity (Wildman–Crippen MR) is 75.7 cm³/mol. The zero-order valence-corrected chi connectivity index (χ0v) is 12.9. The van der Waals surface area contributed by atoms with Crippen LogP contribution in [0.2, 0.25) is 0 Å². The van der Waals surface area contributed by atoms with Crippen molar-refractivity contribution in [1.82, 2.24) is 0 Å². The van der Waals surface area contributed by atoms with E-state index in [1.807, 2.05) is 0 Å². The molecule has 0 amide bonds. The summed E-state index contributed by atoms with van der Waals surface area (Å²) in [7, 11) is -4.60. The van der Waals surface area contributed by atoms with Gasteiger partial charge in [-0.2, -0.15) is 21.6 Å². The zero-order chi connectivity index (χ0) is 18.1. The van der Waals surface area contributed by atoms with E-state index in [1.165, 1.54) is 31.2 Å². The second-order valence-electron chi connectivity index (χ2n) is 4.76. The van der Waals surface area contributed by atoms with Gasteiger partial charge in [-0.05, 0) is 49.4 Å². The average Bonchev–Trinajstić information content (AvgIpc) is 2.46. The summed E-state index contributed by atoms with van der Waals surface area (Å²) in [5.41, 5.74) is -1.40. The number of halogens is 4. The van der Waals surface area contributed by atoms with Crippen LogP contribution in [0.5, 0.6) is 5.75 Å². The molecular weight excluding hydrogens is 352 g/mol. The first-order chi connectivity index (χ1) is 11.0. The van der Waals surface area contributed by atoms with Crippen LogP contribution in [0, 0.1) is 5.82 Å². The third-order valence-corrected chi connectivity index (χ3v) is 4.24. The van der Waals surface area contributed by atoms with Gasteiger partial charge in [0.1, 0.15) is 16.5 Å². The molecule has 0 saturated carbocycles. The molecule has 24 heavy (non-hydrogen) atoms. The zero-order valence-electron chi connectivity index (χ0n) is 12.1. The lowest BCUT2D eigenvalue weighted by Gasteiger charge is -2.11. The lowest BCUT2D eigenvalue weighted by atomic mass is 10.1. The molecule has 4 nitrogen and oxygen atoms in total. The molecule has 0 unspecified atom stereocenters. The van der Waals surface area contributed by atoms with Gasteiger partial charge < -0.3 is 4.18 Å². The Labute approximate surface area is 134 Å². The fraction of sp³-hybridized carbons (Fsp3) is 0.133. The minimum absolute atomic E-state index is 0.161. The van der Waals surface area contributed by atoms with Crippen molar-refractivity contribution in [2.75, 3.05) is 0 Å². The van der Waals surface area contributed by atoms with Gasteiger partial charge in [-0.25, -0.2) is 4.39 Å². The molecule has 0 aliphatic carbocycles. The van der Waals surface area contributed by atoms with Gasteiger partial charge in [0.2, 0.25) is 0 Å². The third kappa shape index (κ3) is 3.91. The van der Waals surface area contributed by atoms with Crippen LogP contribution < -0.4 is 4.18 Å². The Morgan fingerprint density at radius 1 is 1.04 bits per heavy atom. The van der Waals surface area contributed by atoms with E-state index in [9.17, 15) is 30.8 Å². The van der Waals surface area contributed by atoms with Crippen molar-refractivity contribution in [2.24, 2.45) is 0 Å². The van der Waals surface area contributed by atoms with Crippen LogP contribution in [0.25, 0.3) is 0 Å². The summed E-state index contributed by atoms with van der Waals surface area (Å²) < 4.78 is 79.9. The number of ketones is 1. The molecule has 0 spiro atoms. The van der Waals surface area contributed by atoms with E-state index in [-0.39, 0.29) is 17.6 Å². The average molecular weight is 362 g/mol. The second-order valence-corrected chi connectivity index (χ2v) is 6.30. The monoisotopic (exact) mass is 362 g/mol. The molecular formula is C15H10F4O4S. The first-order valence-corrected chi connectivity index (χ1v) is 7.84. The molecule has 9 heteroatoms. The van der Waals surface area contributed by atoms with Crippen LogP contribution in [0.1, 0.15) is 22.8 Å². The summed E-state index contributed by atoms with van der Waals surface area (Å²) in [5.74, 6) is -2.04. The summed E-state index contributed by atoms with van der Waals surface area (Å²) in [6.07, 6.45) is -5.04. The van der Waals surface area contributed by atoms with E-state index >= 15 is 0 Å². The number of Topliss-reactive ketones (excluding diaryl/α,β-unsaturated/α-hetero) is 1. The van der Waals surface area contributed by atoms with Crippen LogP contribution in [0.15, 0.2) is 47.4 Å². The van der Waals surface area contributed by atoms with E-state index in [2.05, 4.69) is 0 Å². The van der Waals surface area contributed by atoms with Crippen LogP contribution in [-0.4, -0.2) is 14.2 Å². The summed E-state index contributed by atoms with van der Waals surface area (Å²) in [4.78, 5) is 10.3. The molecule has 0 radical (unpaired) electrons. The molecule has 2 rings (SSSR count). The van der Waals surface area contributed by atoms with E-state index in [1.54, 1.807) is 0 Å². The molecule has 0 atom stereocenters. The number of carbonyl (C=O) groups excluding carboxylic acids is 1. The van der Waals surface area contributed by atoms with Gasteiger partial charge >= 0.3 is 16.3 Å². The second kappa shape index (κ2) is 6.23. The van der Waals surface area contributed by atoms with E-state index in [4.69, 9.17) is 4.18 Å². The normalized spacial score (nSPS) is 12.0. The first kappa shape index (κ1) is 17.9. The van der Waals surface area contributed by atoms with Crippen LogP contribution in [0.4, 0.5) is 17.6 Å². The molecule has 0 bridgehead atoms. The quantitative estimate of drug-likeness (QED) is 0.471. The van der Waals surface area contributed by atoms with Crippen LogP contribution in [0.3, 0.4) is 0 Å². The molecule has 0 heterocycles. The maximum atomic E-state index is 13.2. The summed E-state index contributed by atoms with van der Waals surface area (Å²) in [6.45, 7) is 1.31. The molecule has 2 aromatic carbocycles. The van der Waals surface area contributed by atoms with Gasteiger partial charge in [0.15, 0.2) is 5.78 Å². The smallest absolute Gasteiger partial charge is 0.379 e. The highest BCUT2D eigenvalue weighted by Gasteiger charge is 2.35. The number of rotatable bonds is 4. The Bertz CT molecular complexity index is 871. The topological polar surface area (TPSA) is 60.4 Å². The highest BCUT2D eigenvalue weighted by atomic mass is 32.2. The number of alkyl halides is 3. The van der Waals surface area contributed by atoms with Crippen molar-refractivity contribution in [1.29, 1.82) is 0 Å². The van der Waals surface area contributed by atoms with Crippen molar-refractivity contribution in [2.45, 2.75) is 18.0 Å². The highest BCUT2D eigenvalue weighted by Crippen LogP contribution is 2.33. The van der Waals surface area contributed by atoms with Crippen molar-refractivity contribution < 1.29 is 35.0 Å². The largest absolute Gasteiger partial charge is 0.419 e. The highest BCUT2D eigenvalue weighted by molar-refractivity contribution is 7.87. The molecule has 0 aliphatic heterocycles. The minimum atomic E-state index is -5.04. The Morgan fingerprint density at radius 3 is 2.12 bits per heavy atom. The van der Waals surface area contributed by atoms with Gasteiger partial charge in [-0.1, -0.05) is 0 Å². The summed E-state index contributed by atoms with van der Waals surface area (Å²) in [6, 6.07) is 6.21. The van der Waals surface area contributed by atoms with Gasteiger partial charge in [0, 0.05) is 5.56 Å². The molecule has 0 aliphatic rings. The van der Waals surface area contributed by atoms with E-state index < -0.39 is 32.6 Å². The Kier molecular flexibility index (Phi) is 4.66. The summed E-state index contributed by atoms with van der Waals surface area (Å²) >= 11 is 0. The molecule has 0 aromatic heterocycles. The number of hydrogen-bond donors (Lipinski definition) is 0. The molecule has 0 N–H and O–H groups in total. The van der Waals surface area contributed by atoms with Gasteiger partial charge in [0.25, 0.3) is 0 Å². The van der Waals surface area contributed by atoms with Gasteiger partial charge in [-0.15, -0.1) is 0 Å². The number of carbonyl (C=O) groups is 1. The van der Waals surface area contributed by atoms with E-state index in [0.717, 1.165) is 0 Å². The summed E-state index contributed by atoms with van der Waals surface area (Å²) in [5, 5.41) is 0. The van der Waals surface area contributed by atoms with Crippen molar-refractivity contribution in [3.8, 4) is 5.75 Å². The molecule has 0 saturated heterocycles. The lowest BCUT2D eigenvalue weighted by molar-refractivity contribution is -0.140. The fourth-order valence-corrected chi connectivity index (χ4v) is 2.75. The Hall–Kier alpha value is -2.42. The first-order valence-electron chi connectivity index (χ1n) is 6.43. The number of benzene rings is 2. The Balaban J connectivity index is 2.35. The molecule has 2 aromatic rings. The van der Waals surface area contributed by atoms with Crippen LogP contribution >= 0.6 is 0 Å². The standard InChI is InChI=1S/C15H10F4O4S/c1-9(20)10-2-4-11(5-3-10)23-24(21,22)12-6-7-14(16)13(8-12)15(17,18)19/h2-8H,1H3. The molecule has 128 valence electrons. The minimum Gasteiger partial charge on any atom is -0.379 e. The van der Waals surface area contributed by atoms with Crippen molar-refractivity contribution in [3.63, 3.8) is 0 Å². The SMILES string of the molecule is CC(=O)c1ccc(OS(=O)(=O)c2ccc(F)c(C(F)(F)F)c2)cc1. The predicted octanol–water partition coefficient (Wildman–Crippen LogP) is 3.81. The maximum Gasteiger partial charge on any atom is 0.419 e.